The van der Waals surface area contributed by atoms with E-state index < -0.39 is 0 Å². The first-order valence-electron chi connectivity index (χ1n) is 7.84. The maximum absolute atomic E-state index is 12.9. The van der Waals surface area contributed by atoms with E-state index in [1.54, 1.807) is 12.1 Å². The van der Waals surface area contributed by atoms with Gasteiger partial charge in [0.15, 0.2) is 0 Å². The Morgan fingerprint density at radius 1 is 1.22 bits per heavy atom. The molecular formula is C19H21ClN2O. The Kier molecular flexibility index (Phi) is 4.07. The molecule has 0 aromatic heterocycles. The monoisotopic (exact) mass is 328 g/mol. The number of urea groups is 1. The van der Waals surface area contributed by atoms with Crippen LogP contribution in [0.4, 0.5) is 16.2 Å². The van der Waals surface area contributed by atoms with Gasteiger partial charge in [0.1, 0.15) is 0 Å². The normalized spacial score (nSPS) is 19.1. The number of nitrogens with one attached hydrogen (secondary N) is 1. The molecule has 2 aromatic rings. The zero-order valence-corrected chi connectivity index (χ0v) is 14.4. The van der Waals surface area contributed by atoms with Gasteiger partial charge in [0, 0.05) is 21.9 Å². The number of fused-ring (bicyclic) bond motifs is 1. The number of rotatable bonds is 1. The highest BCUT2D eigenvalue weighted by atomic mass is 35.5. The Balaban J connectivity index is 1.96. The Morgan fingerprint density at radius 3 is 2.70 bits per heavy atom. The van der Waals surface area contributed by atoms with Crippen LogP contribution in [0.1, 0.15) is 38.7 Å². The van der Waals surface area contributed by atoms with Crippen molar-refractivity contribution < 1.29 is 4.79 Å². The molecule has 120 valence electrons. The van der Waals surface area contributed by atoms with E-state index in [2.05, 4.69) is 32.2 Å². The molecule has 0 bridgehead atoms. The second kappa shape index (κ2) is 5.89. The molecule has 4 heteroatoms. The van der Waals surface area contributed by atoms with E-state index in [4.69, 9.17) is 11.6 Å². The third kappa shape index (κ3) is 3.06. The maximum Gasteiger partial charge on any atom is 0.326 e. The van der Waals surface area contributed by atoms with Crippen molar-refractivity contribution in [2.24, 2.45) is 0 Å². The number of hydrogen-bond acceptors (Lipinski definition) is 1. The molecule has 0 aliphatic carbocycles. The van der Waals surface area contributed by atoms with E-state index in [-0.39, 0.29) is 11.6 Å². The first kappa shape index (κ1) is 15.9. The molecule has 1 aliphatic heterocycles. The SMILES string of the molecule is C[C@H]1CC(C)(C)N(C(=O)Nc2cccc(Cl)c2)c2ccccc21. The minimum Gasteiger partial charge on any atom is -0.307 e. The van der Waals surface area contributed by atoms with Crippen molar-refractivity contribution in [3.8, 4) is 0 Å². The van der Waals surface area contributed by atoms with E-state index >= 15 is 0 Å². The number of carbonyl (C=O) groups excluding carboxylic acids is 1. The topological polar surface area (TPSA) is 32.3 Å². The number of para-hydroxylation sites is 1. The third-order valence-corrected chi connectivity index (χ3v) is 4.63. The summed E-state index contributed by atoms with van der Waals surface area (Å²) in [7, 11) is 0. The lowest BCUT2D eigenvalue weighted by molar-refractivity contribution is 0.247. The molecule has 0 saturated carbocycles. The van der Waals surface area contributed by atoms with Crippen LogP contribution in [-0.2, 0) is 0 Å². The predicted octanol–water partition coefficient (Wildman–Crippen LogP) is 5.66. The molecule has 0 saturated heterocycles. The van der Waals surface area contributed by atoms with Gasteiger partial charge in [-0.05, 0) is 56.0 Å². The van der Waals surface area contributed by atoms with Gasteiger partial charge in [-0.3, -0.25) is 4.90 Å². The second-order valence-electron chi connectivity index (χ2n) is 6.75. The highest BCUT2D eigenvalue weighted by molar-refractivity contribution is 6.30. The summed E-state index contributed by atoms with van der Waals surface area (Å²) in [6.07, 6.45) is 0.924. The molecule has 1 aliphatic rings. The Labute approximate surface area is 142 Å². The van der Waals surface area contributed by atoms with Gasteiger partial charge in [0.25, 0.3) is 0 Å². The Bertz CT molecular complexity index is 742. The molecule has 3 rings (SSSR count). The third-order valence-electron chi connectivity index (χ3n) is 4.40. The second-order valence-corrected chi connectivity index (χ2v) is 7.19. The highest BCUT2D eigenvalue weighted by Gasteiger charge is 2.39. The van der Waals surface area contributed by atoms with E-state index in [1.807, 2.05) is 35.2 Å². The molecule has 2 amide bonds. The molecule has 0 fully saturated rings. The van der Waals surface area contributed by atoms with Crippen molar-refractivity contribution in [1.29, 1.82) is 0 Å². The van der Waals surface area contributed by atoms with Crippen molar-refractivity contribution in [2.75, 3.05) is 10.2 Å². The van der Waals surface area contributed by atoms with Crippen LogP contribution in [-0.4, -0.2) is 11.6 Å². The van der Waals surface area contributed by atoms with Crippen LogP contribution in [0.25, 0.3) is 0 Å². The smallest absolute Gasteiger partial charge is 0.307 e. The van der Waals surface area contributed by atoms with E-state index in [9.17, 15) is 4.79 Å². The zero-order chi connectivity index (χ0) is 16.6. The molecular weight excluding hydrogens is 308 g/mol. The van der Waals surface area contributed by atoms with Gasteiger partial charge in [-0.25, -0.2) is 4.79 Å². The Hall–Kier alpha value is -2.00. The summed E-state index contributed by atoms with van der Waals surface area (Å²) >= 11 is 6.01. The lowest BCUT2D eigenvalue weighted by Gasteiger charge is -2.45. The molecule has 0 spiro atoms. The lowest BCUT2D eigenvalue weighted by Crippen LogP contribution is -2.53. The van der Waals surface area contributed by atoms with Crippen LogP contribution in [0.3, 0.4) is 0 Å². The van der Waals surface area contributed by atoms with Crippen LogP contribution in [0.5, 0.6) is 0 Å². The average Bonchev–Trinajstić information content (AvgIpc) is 2.46. The van der Waals surface area contributed by atoms with E-state index in [0.29, 0.717) is 16.6 Å². The van der Waals surface area contributed by atoms with E-state index in [0.717, 1.165) is 12.1 Å². The van der Waals surface area contributed by atoms with Crippen LogP contribution in [0.2, 0.25) is 5.02 Å². The van der Waals surface area contributed by atoms with Crippen LogP contribution in [0.15, 0.2) is 48.5 Å². The van der Waals surface area contributed by atoms with Crippen LogP contribution >= 0.6 is 11.6 Å². The number of anilines is 2. The van der Waals surface area contributed by atoms with Gasteiger partial charge in [-0.2, -0.15) is 0 Å². The molecule has 1 atom stereocenters. The summed E-state index contributed by atoms with van der Waals surface area (Å²) in [6.45, 7) is 6.43. The fraction of sp³-hybridized carbons (Fsp3) is 0.316. The van der Waals surface area contributed by atoms with Gasteiger partial charge in [-0.15, -0.1) is 0 Å². The highest BCUT2D eigenvalue weighted by Crippen LogP contribution is 2.43. The number of benzene rings is 2. The quantitative estimate of drug-likeness (QED) is 0.719. The summed E-state index contributed by atoms with van der Waals surface area (Å²) in [5, 5.41) is 3.57. The summed E-state index contributed by atoms with van der Waals surface area (Å²) < 4.78 is 0. The molecule has 0 radical (unpaired) electrons. The molecule has 23 heavy (non-hydrogen) atoms. The van der Waals surface area contributed by atoms with E-state index in [1.165, 1.54) is 5.56 Å². The molecule has 2 aromatic carbocycles. The minimum absolute atomic E-state index is 0.128. The van der Waals surface area contributed by atoms with Crippen LogP contribution < -0.4 is 10.2 Å². The first-order valence-corrected chi connectivity index (χ1v) is 8.22. The number of hydrogen-bond donors (Lipinski definition) is 1. The largest absolute Gasteiger partial charge is 0.326 e. The summed E-state index contributed by atoms with van der Waals surface area (Å²) in [6, 6.07) is 15.2. The van der Waals surface area contributed by atoms with Crippen molar-refractivity contribution in [3.05, 3.63) is 59.1 Å². The number of carbonyl (C=O) groups is 1. The fourth-order valence-corrected chi connectivity index (χ4v) is 3.70. The molecule has 1 N–H and O–H groups in total. The van der Waals surface area contributed by atoms with Gasteiger partial charge in [0.2, 0.25) is 0 Å². The number of amides is 2. The molecule has 3 nitrogen and oxygen atoms in total. The molecule has 1 heterocycles. The van der Waals surface area contributed by atoms with Gasteiger partial charge in [-0.1, -0.05) is 42.8 Å². The maximum atomic E-state index is 12.9. The fourth-order valence-electron chi connectivity index (χ4n) is 3.51. The van der Waals surface area contributed by atoms with Crippen molar-refractivity contribution in [1.82, 2.24) is 0 Å². The van der Waals surface area contributed by atoms with Crippen molar-refractivity contribution in [3.63, 3.8) is 0 Å². The summed E-state index contributed by atoms with van der Waals surface area (Å²) in [5.41, 5.74) is 2.65. The van der Waals surface area contributed by atoms with Crippen LogP contribution in [0, 0.1) is 0 Å². The summed E-state index contributed by atoms with van der Waals surface area (Å²) in [5.74, 6) is 0.427. The number of halogens is 1. The van der Waals surface area contributed by atoms with Gasteiger partial charge >= 0.3 is 6.03 Å². The Morgan fingerprint density at radius 2 is 1.96 bits per heavy atom. The lowest BCUT2D eigenvalue weighted by atomic mass is 9.80. The van der Waals surface area contributed by atoms with Gasteiger partial charge < -0.3 is 5.32 Å². The van der Waals surface area contributed by atoms with Gasteiger partial charge in [0.05, 0.1) is 0 Å². The minimum atomic E-state index is -0.254. The van der Waals surface area contributed by atoms with Crippen molar-refractivity contribution in [2.45, 2.75) is 38.6 Å². The average molecular weight is 329 g/mol. The molecule has 0 unspecified atom stereocenters. The zero-order valence-electron chi connectivity index (χ0n) is 13.6. The summed E-state index contributed by atoms with van der Waals surface area (Å²) in [4.78, 5) is 14.8. The standard InChI is InChI=1S/C19H21ClN2O/c1-13-12-19(2,3)22(17-10-5-4-9-16(13)17)18(23)21-15-8-6-7-14(20)11-15/h4-11,13H,12H2,1-3H3,(H,21,23)/t13-/m0/s1. The first-order chi connectivity index (χ1) is 10.9. The van der Waals surface area contributed by atoms with Crippen molar-refractivity contribution >= 4 is 29.0 Å². The predicted molar refractivity (Wildman–Crippen MR) is 96.5 cm³/mol. The number of nitrogens with zero attached hydrogens (tertiary/aromatic N) is 1.